The molecule has 3 aromatic rings. The van der Waals surface area contributed by atoms with Crippen molar-refractivity contribution in [3.8, 4) is 5.75 Å². The Kier molecular flexibility index (Phi) is 5.84. The van der Waals surface area contributed by atoms with E-state index in [0.717, 1.165) is 10.9 Å². The maximum absolute atomic E-state index is 13.2. The van der Waals surface area contributed by atoms with Gasteiger partial charge in [0.15, 0.2) is 17.1 Å². The van der Waals surface area contributed by atoms with E-state index in [0.29, 0.717) is 11.6 Å². The molecule has 0 spiro atoms. The van der Waals surface area contributed by atoms with Crippen molar-refractivity contribution in [2.24, 2.45) is 7.05 Å². The number of aryl methyl sites for hydroxylation is 1. The van der Waals surface area contributed by atoms with Crippen molar-refractivity contribution in [3.05, 3.63) is 70.3 Å². The summed E-state index contributed by atoms with van der Waals surface area (Å²) in [7, 11) is 1.90. The van der Waals surface area contributed by atoms with Gasteiger partial charge in [0.05, 0.1) is 5.02 Å². The summed E-state index contributed by atoms with van der Waals surface area (Å²) < 4.78 is 20.9. The SMILES string of the molecule is Cc1cccc(CSc2nnc(C(C)Oc3ccc(F)cc3Cl)n2C)c1. The normalized spacial score (nSPS) is 12.2. The molecule has 0 bridgehead atoms. The van der Waals surface area contributed by atoms with Gasteiger partial charge in [-0.25, -0.2) is 4.39 Å². The molecule has 7 heteroatoms. The minimum absolute atomic E-state index is 0.230. The van der Waals surface area contributed by atoms with E-state index in [4.69, 9.17) is 16.3 Å². The molecule has 136 valence electrons. The van der Waals surface area contributed by atoms with E-state index in [1.54, 1.807) is 11.8 Å². The lowest BCUT2D eigenvalue weighted by Crippen LogP contribution is -2.10. The number of benzene rings is 2. The Balaban J connectivity index is 1.69. The maximum Gasteiger partial charge on any atom is 0.191 e. The van der Waals surface area contributed by atoms with Crippen LogP contribution in [0.4, 0.5) is 4.39 Å². The smallest absolute Gasteiger partial charge is 0.191 e. The van der Waals surface area contributed by atoms with Gasteiger partial charge >= 0.3 is 0 Å². The fourth-order valence-electron chi connectivity index (χ4n) is 2.57. The molecule has 0 fully saturated rings. The highest BCUT2D eigenvalue weighted by Crippen LogP contribution is 2.30. The molecule has 4 nitrogen and oxygen atoms in total. The van der Waals surface area contributed by atoms with Gasteiger partial charge in [-0.15, -0.1) is 10.2 Å². The molecule has 1 atom stereocenters. The van der Waals surface area contributed by atoms with E-state index in [1.807, 2.05) is 18.5 Å². The van der Waals surface area contributed by atoms with Gasteiger partial charge in [0, 0.05) is 12.8 Å². The zero-order valence-corrected chi connectivity index (χ0v) is 16.3. The van der Waals surface area contributed by atoms with Crippen LogP contribution in [-0.4, -0.2) is 14.8 Å². The first kappa shape index (κ1) is 18.7. The van der Waals surface area contributed by atoms with Gasteiger partial charge in [0.25, 0.3) is 0 Å². The molecule has 0 aliphatic heterocycles. The summed E-state index contributed by atoms with van der Waals surface area (Å²) in [5, 5.41) is 9.53. The zero-order valence-electron chi connectivity index (χ0n) is 14.7. The molecular weight excluding hydrogens is 373 g/mol. The van der Waals surface area contributed by atoms with Crippen molar-refractivity contribution in [3.63, 3.8) is 0 Å². The predicted molar refractivity (Wildman–Crippen MR) is 102 cm³/mol. The molecule has 0 N–H and O–H groups in total. The van der Waals surface area contributed by atoms with Crippen molar-refractivity contribution in [1.29, 1.82) is 0 Å². The third-order valence-corrected chi connectivity index (χ3v) is 5.27. The van der Waals surface area contributed by atoms with Crippen LogP contribution >= 0.6 is 23.4 Å². The van der Waals surface area contributed by atoms with Gasteiger partial charge in [0.2, 0.25) is 0 Å². The Morgan fingerprint density at radius 3 is 2.77 bits per heavy atom. The molecule has 0 saturated heterocycles. The summed E-state index contributed by atoms with van der Waals surface area (Å²) in [6.45, 7) is 3.94. The number of aromatic nitrogens is 3. The van der Waals surface area contributed by atoms with Gasteiger partial charge in [-0.05, 0) is 37.6 Å². The summed E-state index contributed by atoms with van der Waals surface area (Å²) >= 11 is 7.64. The number of rotatable bonds is 6. The number of halogens is 2. The molecule has 26 heavy (non-hydrogen) atoms. The fourth-order valence-corrected chi connectivity index (χ4v) is 3.64. The zero-order chi connectivity index (χ0) is 18.7. The van der Waals surface area contributed by atoms with Crippen molar-refractivity contribution < 1.29 is 9.13 Å². The van der Waals surface area contributed by atoms with E-state index < -0.39 is 5.82 Å². The molecule has 0 saturated carbocycles. The summed E-state index contributed by atoms with van der Waals surface area (Å²) in [4.78, 5) is 0. The Morgan fingerprint density at radius 1 is 1.23 bits per heavy atom. The summed E-state index contributed by atoms with van der Waals surface area (Å²) in [5.74, 6) is 1.50. The van der Waals surface area contributed by atoms with Crippen LogP contribution in [0.15, 0.2) is 47.6 Å². The second-order valence-electron chi connectivity index (χ2n) is 6.01. The van der Waals surface area contributed by atoms with Gasteiger partial charge in [-0.3, -0.25) is 0 Å². The highest BCUT2D eigenvalue weighted by atomic mass is 35.5. The molecule has 3 rings (SSSR count). The van der Waals surface area contributed by atoms with Gasteiger partial charge < -0.3 is 9.30 Å². The average molecular weight is 392 g/mol. The van der Waals surface area contributed by atoms with Crippen LogP contribution < -0.4 is 4.74 Å². The molecule has 1 heterocycles. The number of thioether (sulfide) groups is 1. The first-order valence-corrected chi connectivity index (χ1v) is 9.49. The van der Waals surface area contributed by atoms with E-state index in [1.165, 1.54) is 29.3 Å². The Morgan fingerprint density at radius 2 is 2.04 bits per heavy atom. The number of hydrogen-bond acceptors (Lipinski definition) is 4. The highest BCUT2D eigenvalue weighted by Gasteiger charge is 2.18. The van der Waals surface area contributed by atoms with Crippen molar-refractivity contribution in [2.75, 3.05) is 0 Å². The first-order valence-electron chi connectivity index (χ1n) is 8.13. The van der Waals surface area contributed by atoms with Crippen LogP contribution in [-0.2, 0) is 12.8 Å². The second-order valence-corrected chi connectivity index (χ2v) is 7.36. The minimum Gasteiger partial charge on any atom is -0.481 e. The van der Waals surface area contributed by atoms with Gasteiger partial charge in [-0.2, -0.15) is 0 Å². The molecule has 0 amide bonds. The Labute approximate surface area is 161 Å². The van der Waals surface area contributed by atoms with E-state index >= 15 is 0 Å². The quantitative estimate of drug-likeness (QED) is 0.531. The van der Waals surface area contributed by atoms with Crippen LogP contribution in [0.5, 0.6) is 5.75 Å². The minimum atomic E-state index is -0.400. The molecule has 0 aliphatic rings. The van der Waals surface area contributed by atoms with Crippen LogP contribution in [0, 0.1) is 12.7 Å². The van der Waals surface area contributed by atoms with Crippen molar-refractivity contribution >= 4 is 23.4 Å². The number of ether oxygens (including phenoxy) is 1. The fraction of sp³-hybridized carbons (Fsp3) is 0.263. The number of hydrogen-bond donors (Lipinski definition) is 0. The molecule has 1 unspecified atom stereocenters. The number of nitrogens with zero attached hydrogens (tertiary/aromatic N) is 3. The topological polar surface area (TPSA) is 39.9 Å². The van der Waals surface area contributed by atoms with Crippen molar-refractivity contribution in [2.45, 2.75) is 30.9 Å². The van der Waals surface area contributed by atoms with E-state index in [9.17, 15) is 4.39 Å². The Hall–Kier alpha value is -2.05. The van der Waals surface area contributed by atoms with Gasteiger partial charge in [0.1, 0.15) is 11.6 Å². The highest BCUT2D eigenvalue weighted by molar-refractivity contribution is 7.98. The molecule has 2 aromatic carbocycles. The third kappa shape index (κ3) is 4.37. The lowest BCUT2D eigenvalue weighted by Gasteiger charge is -2.15. The standard InChI is InChI=1S/C19H19ClFN3OS/c1-12-5-4-6-14(9-12)11-26-19-23-22-18(24(19)3)13(2)25-17-8-7-15(21)10-16(17)20/h4-10,13H,11H2,1-3H3. The third-order valence-electron chi connectivity index (χ3n) is 3.88. The van der Waals surface area contributed by atoms with Crippen LogP contribution in [0.1, 0.15) is 30.0 Å². The molecule has 1 aromatic heterocycles. The first-order chi connectivity index (χ1) is 12.4. The van der Waals surface area contributed by atoms with Crippen LogP contribution in [0.25, 0.3) is 0 Å². The van der Waals surface area contributed by atoms with Crippen LogP contribution in [0.2, 0.25) is 5.02 Å². The van der Waals surface area contributed by atoms with Crippen LogP contribution in [0.3, 0.4) is 0 Å². The summed E-state index contributed by atoms with van der Waals surface area (Å²) in [6.07, 6.45) is -0.371. The predicted octanol–water partition coefficient (Wildman–Crippen LogP) is 5.35. The summed E-state index contributed by atoms with van der Waals surface area (Å²) in [6, 6.07) is 12.4. The molecular formula is C19H19ClFN3OS. The Bertz CT molecular complexity index is 916. The van der Waals surface area contributed by atoms with E-state index in [2.05, 4.69) is 41.4 Å². The lowest BCUT2D eigenvalue weighted by molar-refractivity contribution is 0.211. The average Bonchev–Trinajstić information content (AvgIpc) is 2.96. The van der Waals surface area contributed by atoms with Crippen molar-refractivity contribution in [1.82, 2.24) is 14.8 Å². The molecule has 0 radical (unpaired) electrons. The second kappa shape index (κ2) is 8.10. The maximum atomic E-state index is 13.2. The summed E-state index contributed by atoms with van der Waals surface area (Å²) in [5.41, 5.74) is 2.47. The van der Waals surface area contributed by atoms with Gasteiger partial charge in [-0.1, -0.05) is 53.2 Å². The molecule has 0 aliphatic carbocycles. The largest absolute Gasteiger partial charge is 0.481 e. The van der Waals surface area contributed by atoms with E-state index in [-0.39, 0.29) is 11.1 Å². The monoisotopic (exact) mass is 391 g/mol. The lowest BCUT2D eigenvalue weighted by atomic mass is 10.2.